The van der Waals surface area contributed by atoms with E-state index in [2.05, 4.69) is 17.1 Å². The number of ether oxygens (including phenoxy) is 2. The fourth-order valence-corrected chi connectivity index (χ4v) is 3.40. The minimum atomic E-state index is -0.516. The SMILES string of the molecule is CCc1cc(-c2nc(C3(OC)CCOCC3)no2)c(N)s1. The molecule has 6 nitrogen and oxygen atoms in total. The van der Waals surface area contributed by atoms with Gasteiger partial charge >= 0.3 is 0 Å². The second-order valence-electron chi connectivity index (χ2n) is 5.08. The maximum Gasteiger partial charge on any atom is 0.261 e. The van der Waals surface area contributed by atoms with Gasteiger partial charge in [0.05, 0.1) is 10.6 Å². The van der Waals surface area contributed by atoms with Gasteiger partial charge in [0.2, 0.25) is 5.82 Å². The molecule has 0 spiro atoms. The number of anilines is 1. The first-order valence-corrected chi connectivity index (χ1v) is 7.86. The summed E-state index contributed by atoms with van der Waals surface area (Å²) < 4.78 is 16.5. The molecular formula is C14H19N3O3S. The number of methoxy groups -OCH3 is 1. The van der Waals surface area contributed by atoms with Crippen molar-refractivity contribution < 1.29 is 14.0 Å². The van der Waals surface area contributed by atoms with E-state index in [1.54, 1.807) is 18.4 Å². The van der Waals surface area contributed by atoms with Gasteiger partial charge in [-0.1, -0.05) is 12.1 Å². The fraction of sp³-hybridized carbons (Fsp3) is 0.571. The molecule has 0 aromatic carbocycles. The van der Waals surface area contributed by atoms with E-state index in [0.717, 1.165) is 24.8 Å². The number of nitrogen functional groups attached to an aromatic ring is 1. The molecule has 2 aromatic heterocycles. The van der Waals surface area contributed by atoms with Gasteiger partial charge in [-0.05, 0) is 12.5 Å². The number of aryl methyl sites for hydroxylation is 1. The van der Waals surface area contributed by atoms with Crippen LogP contribution in [0.15, 0.2) is 10.6 Å². The summed E-state index contributed by atoms with van der Waals surface area (Å²) in [6.45, 7) is 3.37. The Hall–Kier alpha value is -1.44. The molecule has 114 valence electrons. The third kappa shape index (κ3) is 2.56. The van der Waals surface area contributed by atoms with Gasteiger partial charge in [-0.25, -0.2) is 0 Å². The molecule has 0 atom stereocenters. The number of nitrogens with zero attached hydrogens (tertiary/aromatic N) is 2. The fourth-order valence-electron chi connectivity index (χ4n) is 2.54. The van der Waals surface area contributed by atoms with Crippen molar-refractivity contribution in [3.05, 3.63) is 16.8 Å². The van der Waals surface area contributed by atoms with Crippen molar-refractivity contribution >= 4 is 16.3 Å². The number of nitrogens with two attached hydrogens (primary N) is 1. The van der Waals surface area contributed by atoms with Crippen molar-refractivity contribution in [1.29, 1.82) is 0 Å². The van der Waals surface area contributed by atoms with E-state index in [9.17, 15) is 0 Å². The summed E-state index contributed by atoms with van der Waals surface area (Å²) in [5, 5.41) is 4.83. The molecule has 1 aliphatic rings. The Kier molecular flexibility index (Phi) is 3.97. The predicted molar refractivity (Wildman–Crippen MR) is 80.1 cm³/mol. The van der Waals surface area contributed by atoms with E-state index in [0.29, 0.717) is 29.9 Å². The lowest BCUT2D eigenvalue weighted by Crippen LogP contribution is -2.36. The highest BCUT2D eigenvalue weighted by Gasteiger charge is 2.39. The Morgan fingerprint density at radius 1 is 1.43 bits per heavy atom. The van der Waals surface area contributed by atoms with E-state index in [1.165, 1.54) is 4.88 Å². The van der Waals surface area contributed by atoms with Gasteiger partial charge < -0.3 is 19.7 Å². The summed E-state index contributed by atoms with van der Waals surface area (Å²) in [7, 11) is 1.68. The Morgan fingerprint density at radius 3 is 2.81 bits per heavy atom. The topological polar surface area (TPSA) is 83.4 Å². The molecular weight excluding hydrogens is 290 g/mol. The van der Waals surface area contributed by atoms with Gasteiger partial charge in [0, 0.05) is 38.0 Å². The van der Waals surface area contributed by atoms with Crippen LogP contribution in [0, 0.1) is 0 Å². The number of aromatic nitrogens is 2. The van der Waals surface area contributed by atoms with Crippen LogP contribution in [-0.2, 0) is 21.5 Å². The van der Waals surface area contributed by atoms with E-state index in [4.69, 9.17) is 19.7 Å². The Bertz CT molecular complexity index is 617. The van der Waals surface area contributed by atoms with Gasteiger partial charge in [-0.15, -0.1) is 11.3 Å². The van der Waals surface area contributed by atoms with Gasteiger partial charge in [0.1, 0.15) is 5.60 Å². The maximum atomic E-state index is 6.04. The van der Waals surface area contributed by atoms with Crippen molar-refractivity contribution in [2.45, 2.75) is 31.8 Å². The second kappa shape index (κ2) is 5.75. The third-order valence-corrected chi connectivity index (χ3v) is 5.02. The van der Waals surface area contributed by atoms with Crippen LogP contribution in [0.3, 0.4) is 0 Å². The number of thiophene rings is 1. The highest BCUT2D eigenvalue weighted by molar-refractivity contribution is 7.16. The largest absolute Gasteiger partial charge is 0.390 e. The first kappa shape index (κ1) is 14.5. The first-order chi connectivity index (χ1) is 10.2. The monoisotopic (exact) mass is 309 g/mol. The Balaban J connectivity index is 1.93. The van der Waals surface area contributed by atoms with Crippen LogP contribution in [0.2, 0.25) is 0 Å². The molecule has 0 amide bonds. The average Bonchev–Trinajstić information content (AvgIpc) is 3.14. The zero-order chi connectivity index (χ0) is 14.9. The van der Waals surface area contributed by atoms with Crippen LogP contribution >= 0.6 is 11.3 Å². The second-order valence-corrected chi connectivity index (χ2v) is 6.25. The third-order valence-electron chi connectivity index (χ3n) is 3.92. The lowest BCUT2D eigenvalue weighted by molar-refractivity contribution is -0.101. The lowest BCUT2D eigenvalue weighted by atomic mass is 9.93. The molecule has 0 saturated carbocycles. The summed E-state index contributed by atoms with van der Waals surface area (Å²) in [6, 6.07) is 2.01. The standard InChI is InChI=1S/C14H19N3O3S/c1-3-9-8-10(11(15)21-9)12-16-13(17-20-12)14(18-2)4-6-19-7-5-14/h8H,3-7,15H2,1-2H3. The molecule has 1 saturated heterocycles. The Labute approximate surface area is 127 Å². The molecule has 1 fully saturated rings. The number of hydrogen-bond acceptors (Lipinski definition) is 7. The van der Waals surface area contributed by atoms with Crippen molar-refractivity contribution in [3.8, 4) is 11.5 Å². The van der Waals surface area contributed by atoms with Gasteiger partial charge in [0.25, 0.3) is 5.89 Å². The van der Waals surface area contributed by atoms with Gasteiger partial charge in [-0.2, -0.15) is 4.98 Å². The zero-order valence-electron chi connectivity index (χ0n) is 12.2. The molecule has 21 heavy (non-hydrogen) atoms. The van der Waals surface area contributed by atoms with Crippen LogP contribution in [-0.4, -0.2) is 30.5 Å². The average molecular weight is 309 g/mol. The Morgan fingerprint density at radius 2 is 2.19 bits per heavy atom. The molecule has 7 heteroatoms. The summed E-state index contributed by atoms with van der Waals surface area (Å²) >= 11 is 1.56. The van der Waals surface area contributed by atoms with Crippen molar-refractivity contribution in [1.82, 2.24) is 10.1 Å². The first-order valence-electron chi connectivity index (χ1n) is 7.04. The van der Waals surface area contributed by atoms with Crippen LogP contribution in [0.4, 0.5) is 5.00 Å². The van der Waals surface area contributed by atoms with Gasteiger partial charge in [-0.3, -0.25) is 0 Å². The summed E-state index contributed by atoms with van der Waals surface area (Å²) in [5.41, 5.74) is 6.34. The predicted octanol–water partition coefficient (Wildman–Crippen LogP) is 2.59. The minimum Gasteiger partial charge on any atom is -0.390 e. The highest BCUT2D eigenvalue weighted by Crippen LogP contribution is 2.37. The van der Waals surface area contributed by atoms with E-state index >= 15 is 0 Å². The van der Waals surface area contributed by atoms with E-state index in [-0.39, 0.29) is 0 Å². The molecule has 3 heterocycles. The molecule has 2 N–H and O–H groups in total. The summed E-state index contributed by atoms with van der Waals surface area (Å²) in [5.74, 6) is 1.04. The van der Waals surface area contributed by atoms with Crippen molar-refractivity contribution in [2.24, 2.45) is 0 Å². The molecule has 0 bridgehead atoms. The number of rotatable bonds is 4. The molecule has 0 unspecified atom stereocenters. The van der Waals surface area contributed by atoms with Crippen molar-refractivity contribution in [3.63, 3.8) is 0 Å². The van der Waals surface area contributed by atoms with Crippen LogP contribution in [0.25, 0.3) is 11.5 Å². The van der Waals surface area contributed by atoms with Gasteiger partial charge in [0.15, 0.2) is 0 Å². The number of hydrogen-bond donors (Lipinski definition) is 1. The summed E-state index contributed by atoms with van der Waals surface area (Å²) in [6.07, 6.45) is 2.39. The van der Waals surface area contributed by atoms with Crippen LogP contribution in [0.5, 0.6) is 0 Å². The molecule has 0 radical (unpaired) electrons. The van der Waals surface area contributed by atoms with Crippen LogP contribution < -0.4 is 5.73 Å². The molecule has 3 rings (SSSR count). The van der Waals surface area contributed by atoms with E-state index in [1.807, 2.05) is 6.07 Å². The smallest absolute Gasteiger partial charge is 0.261 e. The van der Waals surface area contributed by atoms with Crippen LogP contribution in [0.1, 0.15) is 30.5 Å². The summed E-state index contributed by atoms with van der Waals surface area (Å²) in [4.78, 5) is 5.73. The lowest BCUT2D eigenvalue weighted by Gasteiger charge is -2.32. The minimum absolute atomic E-state index is 0.460. The molecule has 0 aliphatic carbocycles. The van der Waals surface area contributed by atoms with E-state index < -0.39 is 5.60 Å². The highest BCUT2D eigenvalue weighted by atomic mass is 32.1. The zero-order valence-corrected chi connectivity index (χ0v) is 13.0. The maximum absolute atomic E-state index is 6.04. The van der Waals surface area contributed by atoms with Crippen molar-refractivity contribution in [2.75, 3.05) is 26.1 Å². The quantitative estimate of drug-likeness (QED) is 0.934. The molecule has 2 aromatic rings. The normalized spacial score (nSPS) is 18.0. The molecule has 1 aliphatic heterocycles.